The van der Waals surface area contributed by atoms with Gasteiger partial charge in [0.05, 0.1) is 17.7 Å². The van der Waals surface area contributed by atoms with Gasteiger partial charge in [0.25, 0.3) is 5.91 Å². The van der Waals surface area contributed by atoms with Crippen LogP contribution in [0.2, 0.25) is 0 Å². The fourth-order valence-corrected chi connectivity index (χ4v) is 4.98. The molecule has 1 aliphatic heterocycles. The van der Waals surface area contributed by atoms with E-state index in [1.165, 1.54) is 11.3 Å². The summed E-state index contributed by atoms with van der Waals surface area (Å²) in [5, 5.41) is 3.90. The molecule has 1 fully saturated rings. The number of hydrogen-bond acceptors (Lipinski definition) is 6. The van der Waals surface area contributed by atoms with E-state index in [-0.39, 0.29) is 11.8 Å². The Morgan fingerprint density at radius 3 is 2.77 bits per heavy atom. The third-order valence-electron chi connectivity index (χ3n) is 5.34. The highest BCUT2D eigenvalue weighted by Gasteiger charge is 2.25. The van der Waals surface area contributed by atoms with Crippen LogP contribution in [-0.2, 0) is 11.2 Å². The first-order valence-electron chi connectivity index (χ1n) is 9.99. The number of nitrogens with zero attached hydrogens (tertiary/aromatic N) is 3. The summed E-state index contributed by atoms with van der Waals surface area (Å²) in [7, 11) is 1.56. The number of carbonyl (C=O) groups excluding carboxylic acids is 2. The van der Waals surface area contributed by atoms with E-state index in [1.807, 2.05) is 26.8 Å². The molecule has 0 saturated carbocycles. The van der Waals surface area contributed by atoms with Crippen LogP contribution in [0.5, 0.6) is 5.75 Å². The molecule has 2 amide bonds. The van der Waals surface area contributed by atoms with Gasteiger partial charge in [-0.15, -0.1) is 11.3 Å². The molecule has 2 aromatic heterocycles. The van der Waals surface area contributed by atoms with Crippen LogP contribution >= 0.6 is 11.3 Å². The summed E-state index contributed by atoms with van der Waals surface area (Å²) in [6.45, 7) is 6.58. The zero-order valence-electron chi connectivity index (χ0n) is 17.5. The van der Waals surface area contributed by atoms with Crippen LogP contribution in [0.25, 0.3) is 10.2 Å². The Labute approximate surface area is 179 Å². The van der Waals surface area contributed by atoms with Gasteiger partial charge in [-0.2, -0.15) is 0 Å². The van der Waals surface area contributed by atoms with E-state index in [4.69, 9.17) is 4.74 Å². The highest BCUT2D eigenvalue weighted by molar-refractivity contribution is 7.20. The Morgan fingerprint density at radius 2 is 2.10 bits per heavy atom. The predicted molar refractivity (Wildman–Crippen MR) is 119 cm³/mol. The standard InChI is InChI=1S/C22H24N4O3S/c1-5-17-23-13(3)19-12(2)20(30-22(19)25-17)21(28)24-14-8-9-15(16(11-14)29-4)26-10-6-7-18(26)27/h8-9,11H,5-7,10H2,1-4H3,(H,24,28). The van der Waals surface area contributed by atoms with E-state index in [0.29, 0.717) is 29.3 Å². The minimum Gasteiger partial charge on any atom is -0.494 e. The van der Waals surface area contributed by atoms with Crippen LogP contribution in [0, 0.1) is 13.8 Å². The Balaban J connectivity index is 1.63. The third kappa shape index (κ3) is 3.52. The second-order valence-electron chi connectivity index (χ2n) is 7.30. The van der Waals surface area contributed by atoms with Crippen LogP contribution in [0.15, 0.2) is 18.2 Å². The van der Waals surface area contributed by atoms with Crippen molar-refractivity contribution in [3.8, 4) is 5.75 Å². The molecule has 0 radical (unpaired) electrons. The SMILES string of the molecule is CCc1nc(C)c2c(C)c(C(=O)Nc3ccc(N4CCCC4=O)c(OC)c3)sc2n1. The van der Waals surface area contributed by atoms with E-state index in [2.05, 4.69) is 15.3 Å². The molecule has 4 rings (SSSR count). The van der Waals surface area contributed by atoms with E-state index in [0.717, 1.165) is 45.8 Å². The van der Waals surface area contributed by atoms with Crippen molar-refractivity contribution in [1.82, 2.24) is 9.97 Å². The maximum atomic E-state index is 13.0. The monoisotopic (exact) mass is 424 g/mol. The fraction of sp³-hybridized carbons (Fsp3) is 0.364. The van der Waals surface area contributed by atoms with Crippen LogP contribution < -0.4 is 15.0 Å². The quantitative estimate of drug-likeness (QED) is 0.662. The van der Waals surface area contributed by atoms with Crippen molar-refractivity contribution in [2.75, 3.05) is 23.9 Å². The summed E-state index contributed by atoms with van der Waals surface area (Å²) in [4.78, 5) is 37.4. The molecule has 3 aromatic rings. The van der Waals surface area contributed by atoms with Gasteiger partial charge in [0.2, 0.25) is 5.91 Å². The first kappa shape index (κ1) is 20.3. The zero-order chi connectivity index (χ0) is 21.4. The molecule has 8 heteroatoms. The van der Waals surface area contributed by atoms with Crippen molar-refractivity contribution in [3.05, 3.63) is 40.2 Å². The van der Waals surface area contributed by atoms with Crippen LogP contribution in [0.3, 0.4) is 0 Å². The van der Waals surface area contributed by atoms with Gasteiger partial charge in [0, 0.05) is 42.2 Å². The minimum atomic E-state index is -0.194. The van der Waals surface area contributed by atoms with Crippen molar-refractivity contribution >= 4 is 44.7 Å². The number of thiophene rings is 1. The maximum absolute atomic E-state index is 13.0. The molecule has 3 heterocycles. The first-order chi connectivity index (χ1) is 14.4. The Hall–Kier alpha value is -3.00. The second-order valence-corrected chi connectivity index (χ2v) is 8.30. The van der Waals surface area contributed by atoms with E-state index in [1.54, 1.807) is 24.1 Å². The largest absolute Gasteiger partial charge is 0.494 e. The lowest BCUT2D eigenvalue weighted by atomic mass is 10.1. The second kappa shape index (κ2) is 8.02. The van der Waals surface area contributed by atoms with Crippen LogP contribution in [-0.4, -0.2) is 35.4 Å². The van der Waals surface area contributed by atoms with Crippen molar-refractivity contribution in [3.63, 3.8) is 0 Å². The van der Waals surface area contributed by atoms with Gasteiger partial charge in [0.15, 0.2) is 0 Å². The van der Waals surface area contributed by atoms with E-state index >= 15 is 0 Å². The number of amides is 2. The summed E-state index contributed by atoms with van der Waals surface area (Å²) < 4.78 is 5.49. The molecule has 0 unspecified atom stereocenters. The fourth-order valence-electron chi connectivity index (χ4n) is 3.84. The summed E-state index contributed by atoms with van der Waals surface area (Å²) in [6, 6.07) is 5.37. The topological polar surface area (TPSA) is 84.4 Å². The number of nitrogens with one attached hydrogen (secondary N) is 1. The van der Waals surface area contributed by atoms with Crippen molar-refractivity contribution in [2.45, 2.75) is 40.0 Å². The number of aryl methyl sites for hydroxylation is 3. The molecule has 1 N–H and O–H groups in total. The predicted octanol–water partition coefficient (Wildman–Crippen LogP) is 4.26. The average molecular weight is 425 g/mol. The van der Waals surface area contributed by atoms with Crippen molar-refractivity contribution < 1.29 is 14.3 Å². The van der Waals surface area contributed by atoms with Gasteiger partial charge in [-0.3, -0.25) is 9.59 Å². The van der Waals surface area contributed by atoms with Gasteiger partial charge in [-0.05, 0) is 38.0 Å². The molecule has 156 valence electrons. The molecule has 0 bridgehead atoms. The average Bonchev–Trinajstić information content (AvgIpc) is 3.31. The molecule has 1 aromatic carbocycles. The number of rotatable bonds is 5. The molecule has 7 nitrogen and oxygen atoms in total. The van der Waals surface area contributed by atoms with Crippen molar-refractivity contribution in [2.24, 2.45) is 0 Å². The third-order valence-corrected chi connectivity index (χ3v) is 6.53. The molecule has 1 aliphatic rings. The minimum absolute atomic E-state index is 0.0916. The van der Waals surface area contributed by atoms with Crippen molar-refractivity contribution in [1.29, 1.82) is 0 Å². The number of anilines is 2. The van der Waals surface area contributed by atoms with Gasteiger partial charge in [0.1, 0.15) is 16.4 Å². The smallest absolute Gasteiger partial charge is 0.266 e. The summed E-state index contributed by atoms with van der Waals surface area (Å²) >= 11 is 1.38. The maximum Gasteiger partial charge on any atom is 0.266 e. The Morgan fingerprint density at radius 1 is 1.30 bits per heavy atom. The lowest BCUT2D eigenvalue weighted by molar-refractivity contribution is -0.117. The normalized spacial score (nSPS) is 13.9. The van der Waals surface area contributed by atoms with E-state index in [9.17, 15) is 9.59 Å². The van der Waals surface area contributed by atoms with Crippen LogP contribution in [0.1, 0.15) is 46.5 Å². The number of carbonyl (C=O) groups is 2. The number of ether oxygens (including phenoxy) is 1. The first-order valence-corrected chi connectivity index (χ1v) is 10.8. The van der Waals surface area contributed by atoms with Gasteiger partial charge in [-0.25, -0.2) is 9.97 Å². The molecular formula is C22H24N4O3S. The van der Waals surface area contributed by atoms with E-state index < -0.39 is 0 Å². The highest BCUT2D eigenvalue weighted by atomic mass is 32.1. The number of methoxy groups -OCH3 is 1. The lowest BCUT2D eigenvalue weighted by Crippen LogP contribution is -2.24. The number of aromatic nitrogens is 2. The number of benzene rings is 1. The van der Waals surface area contributed by atoms with Gasteiger partial charge in [-0.1, -0.05) is 6.92 Å². The summed E-state index contributed by atoms with van der Waals surface area (Å²) in [5.41, 5.74) is 3.13. The van der Waals surface area contributed by atoms with Crippen LogP contribution in [0.4, 0.5) is 11.4 Å². The molecule has 0 aliphatic carbocycles. The van der Waals surface area contributed by atoms with Gasteiger partial charge < -0.3 is 15.0 Å². The molecule has 1 saturated heterocycles. The van der Waals surface area contributed by atoms with Gasteiger partial charge >= 0.3 is 0 Å². The highest BCUT2D eigenvalue weighted by Crippen LogP contribution is 2.35. The molecular weight excluding hydrogens is 400 g/mol. The number of fused-ring (bicyclic) bond motifs is 1. The lowest BCUT2D eigenvalue weighted by Gasteiger charge is -2.19. The molecule has 0 spiro atoms. The zero-order valence-corrected chi connectivity index (χ0v) is 18.4. The Bertz CT molecular complexity index is 1150. The summed E-state index contributed by atoms with van der Waals surface area (Å²) in [6.07, 6.45) is 2.14. The number of hydrogen-bond donors (Lipinski definition) is 1. The molecule has 0 atom stereocenters. The molecule has 30 heavy (non-hydrogen) atoms. The Kier molecular flexibility index (Phi) is 5.42. The summed E-state index contributed by atoms with van der Waals surface area (Å²) in [5.74, 6) is 1.24.